The number of hydrogen-bond donors (Lipinski definition) is 1. The second-order valence-corrected chi connectivity index (χ2v) is 4.66. The average Bonchev–Trinajstić information content (AvgIpc) is 2.41. The molecule has 0 bridgehead atoms. The fraction of sp³-hybridized carbons (Fsp3) is 0.500. The highest BCUT2D eigenvalue weighted by molar-refractivity contribution is 5.76. The molecule has 2 rings (SSSR count). The normalized spacial score (nSPS) is 19.2. The summed E-state index contributed by atoms with van der Waals surface area (Å²) in [6.45, 7) is 4.25. The third kappa shape index (κ3) is 3.86. The van der Waals surface area contributed by atoms with Gasteiger partial charge in [0, 0.05) is 13.1 Å². The molecule has 1 saturated heterocycles. The number of amides is 1. The summed E-state index contributed by atoms with van der Waals surface area (Å²) >= 11 is 0. The molecule has 19 heavy (non-hydrogen) atoms. The highest BCUT2D eigenvalue weighted by Gasteiger charge is 2.20. The number of para-hydroxylation sites is 2. The zero-order valence-corrected chi connectivity index (χ0v) is 11.2. The molecule has 0 radical (unpaired) electrons. The largest absolute Gasteiger partial charge is 0.491 e. The number of nitrogens with two attached hydrogens (primary N) is 1. The topological polar surface area (TPSA) is 64.8 Å². The van der Waals surface area contributed by atoms with Gasteiger partial charge in [0.25, 0.3) is 0 Å². The minimum Gasteiger partial charge on any atom is -0.491 e. The molecule has 1 aromatic carbocycles. The van der Waals surface area contributed by atoms with Crippen LogP contribution in [0.15, 0.2) is 24.3 Å². The van der Waals surface area contributed by atoms with Crippen molar-refractivity contribution >= 4 is 11.6 Å². The number of morpholine rings is 1. The molecule has 0 spiro atoms. The van der Waals surface area contributed by atoms with E-state index in [2.05, 4.69) is 0 Å². The van der Waals surface area contributed by atoms with Crippen molar-refractivity contribution in [2.75, 3.05) is 32.0 Å². The van der Waals surface area contributed by atoms with E-state index in [9.17, 15) is 4.79 Å². The van der Waals surface area contributed by atoms with E-state index >= 15 is 0 Å². The fourth-order valence-corrected chi connectivity index (χ4v) is 2.06. The predicted octanol–water partition coefficient (Wildman–Crippen LogP) is 1.29. The van der Waals surface area contributed by atoms with Crippen LogP contribution in [0.1, 0.15) is 13.3 Å². The average molecular weight is 264 g/mol. The molecule has 0 aromatic heterocycles. The molecular weight excluding hydrogens is 244 g/mol. The van der Waals surface area contributed by atoms with Gasteiger partial charge in [0.1, 0.15) is 5.75 Å². The van der Waals surface area contributed by atoms with E-state index in [1.165, 1.54) is 0 Å². The Bertz CT molecular complexity index is 436. The predicted molar refractivity (Wildman–Crippen MR) is 73.0 cm³/mol. The van der Waals surface area contributed by atoms with Crippen LogP contribution >= 0.6 is 0 Å². The zero-order valence-electron chi connectivity index (χ0n) is 11.2. The van der Waals surface area contributed by atoms with E-state index in [0.717, 1.165) is 0 Å². The number of nitrogen functional groups attached to an aromatic ring is 1. The second kappa shape index (κ2) is 6.43. The van der Waals surface area contributed by atoms with Crippen LogP contribution in [0.3, 0.4) is 0 Å². The van der Waals surface area contributed by atoms with Gasteiger partial charge in [0.2, 0.25) is 5.91 Å². The summed E-state index contributed by atoms with van der Waals surface area (Å²) in [6.07, 6.45) is 0.476. The molecule has 1 aliphatic rings. The Morgan fingerprint density at radius 3 is 3.05 bits per heavy atom. The van der Waals surface area contributed by atoms with Gasteiger partial charge in [-0.3, -0.25) is 4.79 Å². The lowest BCUT2D eigenvalue weighted by atomic mass is 10.2. The van der Waals surface area contributed by atoms with Crippen molar-refractivity contribution in [2.45, 2.75) is 19.4 Å². The molecule has 104 valence electrons. The zero-order chi connectivity index (χ0) is 13.7. The highest BCUT2D eigenvalue weighted by Crippen LogP contribution is 2.19. The third-order valence-corrected chi connectivity index (χ3v) is 3.09. The first-order chi connectivity index (χ1) is 9.16. The van der Waals surface area contributed by atoms with Crippen LogP contribution in [0.25, 0.3) is 0 Å². The monoisotopic (exact) mass is 264 g/mol. The standard InChI is InChI=1S/C14H20N2O3/c1-11-10-16(7-9-18-11)14(17)6-8-19-13-5-3-2-4-12(13)15/h2-5,11H,6-10,15H2,1H3. The van der Waals surface area contributed by atoms with Crippen molar-refractivity contribution in [1.82, 2.24) is 4.90 Å². The van der Waals surface area contributed by atoms with Crippen molar-refractivity contribution in [3.8, 4) is 5.75 Å². The minimum atomic E-state index is 0.102. The van der Waals surface area contributed by atoms with E-state index in [4.69, 9.17) is 15.2 Å². The van der Waals surface area contributed by atoms with Crippen molar-refractivity contribution in [3.63, 3.8) is 0 Å². The third-order valence-electron chi connectivity index (χ3n) is 3.09. The molecule has 1 fully saturated rings. The van der Waals surface area contributed by atoms with Gasteiger partial charge in [-0.25, -0.2) is 0 Å². The molecule has 1 heterocycles. The number of benzene rings is 1. The summed E-state index contributed by atoms with van der Waals surface area (Å²) in [5.74, 6) is 0.732. The number of hydrogen-bond acceptors (Lipinski definition) is 4. The molecule has 5 nitrogen and oxygen atoms in total. The number of rotatable bonds is 4. The van der Waals surface area contributed by atoms with E-state index in [0.29, 0.717) is 44.2 Å². The van der Waals surface area contributed by atoms with Crippen LogP contribution in [0, 0.1) is 0 Å². The molecule has 5 heteroatoms. The van der Waals surface area contributed by atoms with Crippen LogP contribution in [0.5, 0.6) is 5.75 Å². The number of anilines is 1. The molecule has 1 aromatic rings. The Morgan fingerprint density at radius 1 is 1.53 bits per heavy atom. The first kappa shape index (κ1) is 13.7. The van der Waals surface area contributed by atoms with Gasteiger partial charge in [-0.1, -0.05) is 12.1 Å². The Labute approximate surface area is 113 Å². The Hall–Kier alpha value is -1.75. The molecule has 0 aliphatic carbocycles. The molecular formula is C14H20N2O3. The molecule has 1 amide bonds. The molecule has 2 N–H and O–H groups in total. The molecule has 1 atom stereocenters. The fourth-order valence-electron chi connectivity index (χ4n) is 2.06. The maximum Gasteiger partial charge on any atom is 0.226 e. The van der Waals surface area contributed by atoms with Crippen LogP contribution in [-0.4, -0.2) is 43.2 Å². The number of ether oxygens (including phenoxy) is 2. The highest BCUT2D eigenvalue weighted by atomic mass is 16.5. The minimum absolute atomic E-state index is 0.102. The number of carbonyl (C=O) groups is 1. The van der Waals surface area contributed by atoms with Crippen molar-refractivity contribution in [3.05, 3.63) is 24.3 Å². The first-order valence-electron chi connectivity index (χ1n) is 6.53. The first-order valence-corrected chi connectivity index (χ1v) is 6.53. The quantitative estimate of drug-likeness (QED) is 0.832. The van der Waals surface area contributed by atoms with E-state index in [1.807, 2.05) is 24.0 Å². The number of nitrogens with zero attached hydrogens (tertiary/aromatic N) is 1. The summed E-state index contributed by atoms with van der Waals surface area (Å²) in [4.78, 5) is 13.8. The molecule has 1 aliphatic heterocycles. The van der Waals surface area contributed by atoms with Crippen molar-refractivity contribution in [2.24, 2.45) is 0 Å². The Balaban J connectivity index is 1.76. The van der Waals surface area contributed by atoms with Gasteiger partial charge in [-0.2, -0.15) is 0 Å². The summed E-state index contributed by atoms with van der Waals surface area (Å²) < 4.78 is 10.9. The van der Waals surface area contributed by atoms with Crippen LogP contribution in [-0.2, 0) is 9.53 Å². The smallest absolute Gasteiger partial charge is 0.226 e. The number of carbonyl (C=O) groups excluding carboxylic acids is 1. The van der Waals surface area contributed by atoms with E-state index < -0.39 is 0 Å². The second-order valence-electron chi connectivity index (χ2n) is 4.66. The Morgan fingerprint density at radius 2 is 2.32 bits per heavy atom. The maximum atomic E-state index is 12.0. The van der Waals surface area contributed by atoms with Crippen LogP contribution < -0.4 is 10.5 Å². The Kier molecular flexibility index (Phi) is 4.63. The van der Waals surface area contributed by atoms with Gasteiger partial charge in [0.15, 0.2) is 0 Å². The van der Waals surface area contributed by atoms with Crippen LogP contribution in [0.4, 0.5) is 5.69 Å². The van der Waals surface area contributed by atoms with Crippen molar-refractivity contribution < 1.29 is 14.3 Å². The lowest BCUT2D eigenvalue weighted by Gasteiger charge is -2.31. The van der Waals surface area contributed by atoms with Gasteiger partial charge >= 0.3 is 0 Å². The lowest BCUT2D eigenvalue weighted by Crippen LogP contribution is -2.44. The van der Waals surface area contributed by atoms with Crippen LogP contribution in [0.2, 0.25) is 0 Å². The van der Waals surface area contributed by atoms with Gasteiger partial charge < -0.3 is 20.1 Å². The van der Waals surface area contributed by atoms with E-state index in [1.54, 1.807) is 12.1 Å². The maximum absolute atomic E-state index is 12.0. The van der Waals surface area contributed by atoms with Gasteiger partial charge in [-0.05, 0) is 19.1 Å². The SMILES string of the molecule is CC1CN(C(=O)CCOc2ccccc2N)CCO1. The van der Waals surface area contributed by atoms with E-state index in [-0.39, 0.29) is 12.0 Å². The summed E-state index contributed by atoms with van der Waals surface area (Å²) in [5.41, 5.74) is 6.35. The van der Waals surface area contributed by atoms with Gasteiger partial charge in [-0.15, -0.1) is 0 Å². The molecule has 1 unspecified atom stereocenters. The van der Waals surface area contributed by atoms with Gasteiger partial charge in [0.05, 0.1) is 31.4 Å². The summed E-state index contributed by atoms with van der Waals surface area (Å²) in [6, 6.07) is 7.29. The van der Waals surface area contributed by atoms with Crippen molar-refractivity contribution in [1.29, 1.82) is 0 Å². The molecule has 0 saturated carbocycles. The summed E-state index contributed by atoms with van der Waals surface area (Å²) in [7, 11) is 0. The lowest BCUT2D eigenvalue weighted by molar-refractivity contribution is -0.138. The summed E-state index contributed by atoms with van der Waals surface area (Å²) in [5, 5.41) is 0.